The van der Waals surface area contributed by atoms with E-state index in [1.54, 1.807) is 54.6 Å². The number of Topliss-reactive ketones (excluding diaryl/α,β-unsaturated/α-hetero) is 1. The van der Waals surface area contributed by atoms with Crippen LogP contribution < -0.4 is 9.64 Å². The van der Waals surface area contributed by atoms with Gasteiger partial charge in [0.25, 0.3) is 5.78 Å². The Labute approximate surface area is 217 Å². The van der Waals surface area contributed by atoms with Crippen molar-refractivity contribution in [1.29, 1.82) is 0 Å². The molecule has 188 valence electrons. The van der Waals surface area contributed by atoms with E-state index in [1.807, 2.05) is 0 Å². The van der Waals surface area contributed by atoms with Crippen LogP contribution in [0.3, 0.4) is 0 Å². The Hall–Kier alpha value is -4.04. The number of carbonyl (C=O) groups excluding carboxylic acids is 2. The first kappa shape index (κ1) is 24.6. The van der Waals surface area contributed by atoms with Crippen molar-refractivity contribution in [2.45, 2.75) is 32.2 Å². The number of carbonyl (C=O) groups is 2. The fraction of sp³-hybridized carbons (Fsp3) is 0.207. The number of aliphatic hydroxyl groups excluding tert-OH is 1. The molecule has 1 saturated heterocycles. The average molecular weight is 517 g/mol. The number of fused-ring (bicyclic) bond motifs is 1. The van der Waals surface area contributed by atoms with Gasteiger partial charge in [-0.25, -0.2) is 9.37 Å². The molecule has 1 aliphatic rings. The van der Waals surface area contributed by atoms with Gasteiger partial charge in [-0.05, 0) is 42.3 Å². The van der Waals surface area contributed by atoms with Gasteiger partial charge in [-0.1, -0.05) is 73.6 Å². The number of aliphatic hydroxyl groups is 1. The van der Waals surface area contributed by atoms with Crippen LogP contribution in [0.15, 0.2) is 78.4 Å². The zero-order chi connectivity index (χ0) is 25.9. The number of benzene rings is 3. The number of ketones is 1. The van der Waals surface area contributed by atoms with Gasteiger partial charge < -0.3 is 9.84 Å². The quantitative estimate of drug-likeness (QED) is 0.123. The van der Waals surface area contributed by atoms with Crippen LogP contribution in [0.5, 0.6) is 5.75 Å². The molecular weight excluding hydrogens is 491 g/mol. The van der Waals surface area contributed by atoms with Gasteiger partial charge >= 0.3 is 5.91 Å². The predicted octanol–water partition coefficient (Wildman–Crippen LogP) is 6.63. The summed E-state index contributed by atoms with van der Waals surface area (Å²) in [5, 5.41) is 11.4. The van der Waals surface area contributed by atoms with Crippen molar-refractivity contribution < 1.29 is 23.8 Å². The summed E-state index contributed by atoms with van der Waals surface area (Å²) in [5.41, 5.74) is 1.52. The minimum absolute atomic E-state index is 0.0294. The maximum atomic E-state index is 13.8. The largest absolute Gasteiger partial charge is 0.507 e. The van der Waals surface area contributed by atoms with Crippen LogP contribution in [-0.4, -0.2) is 28.4 Å². The second-order valence-electron chi connectivity index (χ2n) is 8.77. The van der Waals surface area contributed by atoms with Crippen molar-refractivity contribution in [3.8, 4) is 5.75 Å². The zero-order valence-electron chi connectivity index (χ0n) is 20.2. The van der Waals surface area contributed by atoms with Gasteiger partial charge in [0.05, 0.1) is 28.4 Å². The molecule has 2 heterocycles. The summed E-state index contributed by atoms with van der Waals surface area (Å²) >= 11 is 1.11. The van der Waals surface area contributed by atoms with Crippen LogP contribution >= 0.6 is 11.3 Å². The highest BCUT2D eigenvalue weighted by atomic mass is 32.1. The second kappa shape index (κ2) is 10.5. The normalized spacial score (nSPS) is 17.0. The number of ether oxygens (including phenoxy) is 1. The smallest absolute Gasteiger partial charge is 0.301 e. The number of hydrogen-bond acceptors (Lipinski definition) is 6. The van der Waals surface area contributed by atoms with Gasteiger partial charge in [0.2, 0.25) is 0 Å². The van der Waals surface area contributed by atoms with E-state index in [9.17, 15) is 19.1 Å². The summed E-state index contributed by atoms with van der Waals surface area (Å²) in [6.45, 7) is 2.73. The van der Waals surface area contributed by atoms with E-state index in [1.165, 1.54) is 23.1 Å². The van der Waals surface area contributed by atoms with Gasteiger partial charge in [-0.3, -0.25) is 14.5 Å². The lowest BCUT2D eigenvalue weighted by atomic mass is 9.95. The molecule has 1 atom stereocenters. The highest BCUT2D eigenvalue weighted by molar-refractivity contribution is 7.22. The van der Waals surface area contributed by atoms with Crippen LogP contribution in [0.25, 0.3) is 16.0 Å². The monoisotopic (exact) mass is 516 g/mol. The van der Waals surface area contributed by atoms with Crippen molar-refractivity contribution in [1.82, 2.24) is 4.98 Å². The molecule has 1 aliphatic heterocycles. The maximum Gasteiger partial charge on any atom is 0.301 e. The Balaban J connectivity index is 1.59. The first-order chi connectivity index (χ1) is 18.0. The Morgan fingerprint density at radius 2 is 1.81 bits per heavy atom. The molecule has 5 rings (SSSR count). The van der Waals surface area contributed by atoms with Crippen LogP contribution in [0.1, 0.15) is 43.4 Å². The van der Waals surface area contributed by atoms with Crippen LogP contribution in [-0.2, 0) is 9.59 Å². The Bertz CT molecular complexity index is 1480. The topological polar surface area (TPSA) is 79.7 Å². The maximum absolute atomic E-state index is 13.8. The Morgan fingerprint density at radius 3 is 2.54 bits per heavy atom. The van der Waals surface area contributed by atoms with Crippen molar-refractivity contribution in [3.63, 3.8) is 0 Å². The summed E-state index contributed by atoms with van der Waals surface area (Å²) in [6.07, 6.45) is 3.13. The lowest BCUT2D eigenvalue weighted by Gasteiger charge is -2.23. The lowest BCUT2D eigenvalue weighted by Crippen LogP contribution is -2.29. The van der Waals surface area contributed by atoms with E-state index in [0.29, 0.717) is 33.7 Å². The van der Waals surface area contributed by atoms with E-state index in [2.05, 4.69) is 11.9 Å². The lowest BCUT2D eigenvalue weighted by molar-refractivity contribution is -0.132. The molecule has 0 radical (unpaired) electrons. The molecule has 1 N–H and O–H groups in total. The average Bonchev–Trinajstić information content (AvgIpc) is 3.44. The van der Waals surface area contributed by atoms with E-state index in [0.717, 1.165) is 30.6 Å². The highest BCUT2D eigenvalue weighted by Gasteiger charge is 2.48. The molecule has 8 heteroatoms. The molecule has 4 aromatic rings. The van der Waals surface area contributed by atoms with Gasteiger partial charge in [-0.15, -0.1) is 0 Å². The van der Waals surface area contributed by atoms with Crippen molar-refractivity contribution >= 4 is 44.1 Å². The highest BCUT2D eigenvalue weighted by Crippen LogP contribution is 2.44. The number of thiazole rings is 1. The number of aromatic nitrogens is 1. The number of rotatable bonds is 8. The van der Waals surface area contributed by atoms with Crippen LogP contribution in [0.2, 0.25) is 0 Å². The predicted molar refractivity (Wildman–Crippen MR) is 142 cm³/mol. The standard InChI is InChI=1S/C29H25FN2O4S/c1-2-3-7-16-36-21-13-10-18(11-14-21)25-24(26(33)19-8-5-4-6-9-19)27(34)28(35)32(25)29-31-22-15-12-20(30)17-23(22)37-29/h4-6,8-15,17,25,33H,2-3,7,16H2,1H3. The number of anilines is 1. The Morgan fingerprint density at radius 1 is 1.05 bits per heavy atom. The number of amides is 1. The number of unbranched alkanes of at least 4 members (excludes halogenated alkanes) is 2. The minimum atomic E-state index is -0.917. The summed E-state index contributed by atoms with van der Waals surface area (Å²) in [5.74, 6) is -1.62. The summed E-state index contributed by atoms with van der Waals surface area (Å²) in [4.78, 5) is 32.5. The Kier molecular flexibility index (Phi) is 7.01. The van der Waals surface area contributed by atoms with E-state index < -0.39 is 23.5 Å². The van der Waals surface area contributed by atoms with Gasteiger partial charge in [-0.2, -0.15) is 0 Å². The van der Waals surface area contributed by atoms with Crippen LogP contribution in [0, 0.1) is 5.82 Å². The van der Waals surface area contributed by atoms with E-state index in [4.69, 9.17) is 4.74 Å². The first-order valence-electron chi connectivity index (χ1n) is 12.1. The molecule has 1 aromatic heterocycles. The van der Waals surface area contributed by atoms with Crippen LogP contribution in [0.4, 0.5) is 9.52 Å². The third-order valence-electron chi connectivity index (χ3n) is 6.25. The minimum Gasteiger partial charge on any atom is -0.507 e. The summed E-state index contributed by atoms with van der Waals surface area (Å²) in [6, 6.07) is 19.0. The third-order valence-corrected chi connectivity index (χ3v) is 7.27. The van der Waals surface area contributed by atoms with Crippen molar-refractivity contribution in [2.75, 3.05) is 11.5 Å². The molecule has 0 aliphatic carbocycles. The molecule has 6 nitrogen and oxygen atoms in total. The molecule has 1 fully saturated rings. The van der Waals surface area contributed by atoms with Gasteiger partial charge in [0, 0.05) is 5.56 Å². The number of hydrogen-bond donors (Lipinski definition) is 1. The fourth-order valence-electron chi connectivity index (χ4n) is 4.37. The first-order valence-corrected chi connectivity index (χ1v) is 12.9. The molecule has 1 unspecified atom stereocenters. The molecule has 0 spiro atoms. The molecule has 0 bridgehead atoms. The second-order valence-corrected chi connectivity index (χ2v) is 9.78. The number of nitrogens with zero attached hydrogens (tertiary/aromatic N) is 2. The zero-order valence-corrected chi connectivity index (χ0v) is 21.0. The SMILES string of the molecule is CCCCCOc1ccc(C2C(=C(O)c3ccccc3)C(=O)C(=O)N2c2nc3ccc(F)cc3s2)cc1. The van der Waals surface area contributed by atoms with Crippen molar-refractivity contribution in [2.24, 2.45) is 0 Å². The van der Waals surface area contributed by atoms with Gasteiger partial charge in [0.1, 0.15) is 17.3 Å². The van der Waals surface area contributed by atoms with E-state index in [-0.39, 0.29) is 16.5 Å². The molecule has 3 aromatic carbocycles. The van der Waals surface area contributed by atoms with Crippen molar-refractivity contribution in [3.05, 3.63) is 95.3 Å². The summed E-state index contributed by atoms with van der Waals surface area (Å²) < 4.78 is 20.2. The molecular formula is C29H25FN2O4S. The molecule has 1 amide bonds. The van der Waals surface area contributed by atoms with Gasteiger partial charge in [0.15, 0.2) is 5.13 Å². The fourth-order valence-corrected chi connectivity index (χ4v) is 5.39. The molecule has 0 saturated carbocycles. The van der Waals surface area contributed by atoms with E-state index >= 15 is 0 Å². The summed E-state index contributed by atoms with van der Waals surface area (Å²) in [7, 11) is 0. The third kappa shape index (κ3) is 4.84. The number of halogens is 1. The molecule has 37 heavy (non-hydrogen) atoms.